The number of alkyl halides is 9. The van der Waals surface area contributed by atoms with E-state index in [0.29, 0.717) is 45.1 Å². The van der Waals surface area contributed by atoms with Crippen LogP contribution in [0.3, 0.4) is 0 Å². The summed E-state index contributed by atoms with van der Waals surface area (Å²) < 4.78 is 140. The number of halogens is 9. The molecule has 0 saturated heterocycles. The second-order valence-corrected chi connectivity index (χ2v) is 26.7. The van der Waals surface area contributed by atoms with E-state index in [2.05, 4.69) is 97.7 Å². The molecule has 0 unspecified atom stereocenters. The Labute approximate surface area is 579 Å². The minimum Gasteiger partial charge on any atom is -0.307 e. The van der Waals surface area contributed by atoms with Crippen LogP contribution in [-0.2, 0) is 18.5 Å². The van der Waals surface area contributed by atoms with Gasteiger partial charge in [0, 0.05) is 54.2 Å². The molecular formula is C86H58F9N7. The van der Waals surface area contributed by atoms with Crippen molar-refractivity contribution in [3.8, 4) is 51.1 Å². The van der Waals surface area contributed by atoms with Crippen LogP contribution in [0.4, 0.5) is 50.9 Å². The molecule has 0 aliphatic rings. The maximum atomic E-state index is 15.8. The van der Waals surface area contributed by atoms with E-state index in [1.54, 1.807) is 15.2 Å². The van der Waals surface area contributed by atoms with Crippen molar-refractivity contribution in [2.24, 2.45) is 0 Å². The van der Waals surface area contributed by atoms with Crippen molar-refractivity contribution in [3.63, 3.8) is 0 Å². The summed E-state index contributed by atoms with van der Waals surface area (Å²) in [6, 6.07) is 62.5. The van der Waals surface area contributed by atoms with Gasteiger partial charge >= 0.3 is 18.5 Å². The van der Waals surface area contributed by atoms with Gasteiger partial charge in [0.1, 0.15) is 6.07 Å². The zero-order valence-corrected chi connectivity index (χ0v) is 56.2. The van der Waals surface area contributed by atoms with Gasteiger partial charge in [0.25, 0.3) is 0 Å². The van der Waals surface area contributed by atoms with Gasteiger partial charge in [-0.25, -0.2) is 9.69 Å². The predicted molar refractivity (Wildman–Crippen MR) is 391 cm³/mol. The number of nitrogens with zero attached hydrogens (tertiary/aromatic N) is 7. The van der Waals surface area contributed by atoms with Crippen molar-refractivity contribution in [1.29, 1.82) is 5.26 Å². The largest absolute Gasteiger partial charge is 0.418 e. The fourth-order valence-electron chi connectivity index (χ4n) is 14.7. The van der Waals surface area contributed by atoms with E-state index in [-0.39, 0.29) is 45.0 Å². The van der Waals surface area contributed by atoms with Crippen LogP contribution in [0.25, 0.3) is 142 Å². The third-order valence-electron chi connectivity index (χ3n) is 19.3. The third kappa shape index (κ3) is 11.1. The second-order valence-electron chi connectivity index (χ2n) is 26.7. The van der Waals surface area contributed by atoms with E-state index in [9.17, 15) is 31.6 Å². The Balaban J connectivity index is 0.000000165. The molecule has 4 heterocycles. The molecule has 4 aromatic heterocycles. The third-order valence-corrected chi connectivity index (χ3v) is 19.3. The Bertz CT molecular complexity index is 6180. The molecule has 500 valence electrons. The first-order chi connectivity index (χ1) is 48.6. The van der Waals surface area contributed by atoms with Crippen molar-refractivity contribution < 1.29 is 39.5 Å². The van der Waals surface area contributed by atoms with E-state index in [4.69, 9.17) is 13.1 Å². The molecule has 0 bridgehead atoms. The summed E-state index contributed by atoms with van der Waals surface area (Å²) in [6.07, 6.45) is -14.4. The van der Waals surface area contributed by atoms with E-state index in [1.807, 2.05) is 134 Å². The quantitative estimate of drug-likeness (QED) is 0.121. The lowest BCUT2D eigenvalue weighted by molar-refractivity contribution is -0.138. The predicted octanol–water partition coefficient (Wildman–Crippen LogP) is 25.6. The summed E-state index contributed by atoms with van der Waals surface area (Å²) in [5.74, 6) is 0. The lowest BCUT2D eigenvalue weighted by atomic mass is 9.97. The normalized spacial score (nSPS) is 12.1. The number of benzene rings is 12. The monoisotopic (exact) mass is 1360 g/mol. The molecule has 0 N–H and O–H groups in total. The molecule has 102 heavy (non-hydrogen) atoms. The average molecular weight is 1360 g/mol. The second kappa shape index (κ2) is 24.0. The lowest BCUT2D eigenvalue weighted by Gasteiger charge is -2.24. The highest BCUT2D eigenvalue weighted by Crippen LogP contribution is 2.49. The van der Waals surface area contributed by atoms with Crippen molar-refractivity contribution in [1.82, 2.24) is 18.3 Å². The Morgan fingerprint density at radius 2 is 0.549 bits per heavy atom. The molecule has 0 atom stereocenters. The van der Waals surface area contributed by atoms with Crippen molar-refractivity contribution in [3.05, 3.63) is 296 Å². The topological polar surface area (TPSA) is 52.2 Å². The van der Waals surface area contributed by atoms with Gasteiger partial charge in [0.15, 0.2) is 11.4 Å². The number of rotatable bonds is 6. The Morgan fingerprint density at radius 1 is 0.294 bits per heavy atom. The molecule has 0 aliphatic heterocycles. The van der Waals surface area contributed by atoms with Crippen LogP contribution in [0, 0.1) is 79.9 Å². The summed E-state index contributed by atoms with van der Waals surface area (Å²) in [6.45, 7) is 30.8. The highest BCUT2D eigenvalue weighted by Gasteiger charge is 2.39. The van der Waals surface area contributed by atoms with Crippen LogP contribution < -0.4 is 0 Å². The summed E-state index contributed by atoms with van der Waals surface area (Å²) >= 11 is 0. The standard InChI is InChI=1S/C43H29F6N3.C43H29F3N4/c1-23-6-10-31-32-11-7-24(2)15-37(32)51(36(31)14-23)40-21-28(27-18-29(42(44,45)46)22-30(19-27)50-5)20-35(43(47,48)49)41(40)52-38-16-25(3)8-12-33(38)34-13-9-26(4)17-39(34)52;1-24-6-10-33-34-11-7-25(2)15-38(34)49(37(33)14-24)41-21-28(29-19-31(43(44,45)46)22-32(20-29)48-5)18-30(23-47)42(41)50-39-16-26(3)8-12-35(39)36-13-9-27(4)17-40(36)50/h6-22H,1-4H3;6-22H,1-4H3. The number of aryl methyl sites for hydroxylation is 8. The average Bonchev–Trinajstić information content (AvgIpc) is 1.54. The van der Waals surface area contributed by atoms with Gasteiger partial charge in [-0.2, -0.15) is 44.8 Å². The zero-order valence-electron chi connectivity index (χ0n) is 56.2. The number of nitriles is 1. The van der Waals surface area contributed by atoms with Gasteiger partial charge in [-0.1, -0.05) is 97.1 Å². The maximum Gasteiger partial charge on any atom is 0.418 e. The molecule has 0 amide bonds. The lowest BCUT2D eigenvalue weighted by Crippen LogP contribution is -2.15. The molecule has 7 nitrogen and oxygen atoms in total. The minimum atomic E-state index is -4.95. The summed E-state index contributed by atoms with van der Waals surface area (Å²) in [4.78, 5) is 6.60. The van der Waals surface area contributed by atoms with Crippen LogP contribution in [0.2, 0.25) is 0 Å². The molecule has 0 spiro atoms. The molecule has 0 saturated carbocycles. The maximum absolute atomic E-state index is 15.8. The van der Waals surface area contributed by atoms with Gasteiger partial charge < -0.3 is 18.3 Å². The fraction of sp³-hybridized carbons (Fsp3) is 0.128. The number of fused-ring (bicyclic) bond motifs is 12. The molecular weight excluding hydrogens is 1300 g/mol. The smallest absolute Gasteiger partial charge is 0.307 e. The number of aromatic nitrogens is 4. The summed E-state index contributed by atoms with van der Waals surface area (Å²) in [7, 11) is 0. The van der Waals surface area contributed by atoms with Crippen LogP contribution >= 0.6 is 0 Å². The molecule has 16 aromatic rings. The van der Waals surface area contributed by atoms with Crippen molar-refractivity contribution in [2.75, 3.05) is 0 Å². The van der Waals surface area contributed by atoms with Crippen LogP contribution in [0.1, 0.15) is 66.8 Å². The highest BCUT2D eigenvalue weighted by molar-refractivity contribution is 6.14. The zero-order chi connectivity index (χ0) is 71.9. The first kappa shape index (κ1) is 65.6. The first-order valence-corrected chi connectivity index (χ1v) is 32.7. The van der Waals surface area contributed by atoms with E-state index >= 15 is 13.2 Å². The summed E-state index contributed by atoms with van der Waals surface area (Å²) in [5.41, 5.74) is 12.0. The molecule has 16 heteroatoms. The number of hydrogen-bond acceptors (Lipinski definition) is 1. The SMILES string of the molecule is [C-]#[N+]c1cc(-c2cc(-n3c4cc(C)ccc4c4ccc(C)cc43)c(-n3c4cc(C)ccc4c4ccc(C)cc43)c(C(F)(F)F)c2)cc(C(F)(F)F)c1.[C-]#[N+]c1cc(-c2cc(C#N)c(-n3c4cc(C)ccc4c4ccc(C)cc43)c(-n3c4cc(C)ccc4c4ccc(C)cc43)c2)cc(C(F)(F)F)c1. The van der Waals surface area contributed by atoms with E-state index in [1.165, 1.54) is 18.2 Å². The number of hydrogen-bond donors (Lipinski definition) is 0. The molecule has 16 rings (SSSR count). The Kier molecular flexibility index (Phi) is 15.4. The highest BCUT2D eigenvalue weighted by atomic mass is 19.4. The molecule has 0 fully saturated rings. The van der Waals surface area contributed by atoms with Crippen LogP contribution in [0.15, 0.2) is 206 Å². The molecule has 0 radical (unpaired) electrons. The van der Waals surface area contributed by atoms with Gasteiger partial charge in [-0.15, -0.1) is 0 Å². The van der Waals surface area contributed by atoms with Crippen LogP contribution in [-0.4, -0.2) is 18.3 Å². The summed E-state index contributed by atoms with van der Waals surface area (Å²) in [5, 5.41) is 18.2. The molecule has 0 aliphatic carbocycles. The van der Waals surface area contributed by atoms with E-state index < -0.39 is 35.2 Å². The van der Waals surface area contributed by atoms with E-state index in [0.717, 1.165) is 134 Å². The van der Waals surface area contributed by atoms with Crippen molar-refractivity contribution >= 4 is 98.6 Å². The van der Waals surface area contributed by atoms with Gasteiger partial charge in [0.2, 0.25) is 0 Å². The molecule has 12 aromatic carbocycles. The fourth-order valence-corrected chi connectivity index (χ4v) is 14.7. The Morgan fingerprint density at radius 3 is 0.814 bits per heavy atom. The van der Waals surface area contributed by atoms with Crippen LogP contribution in [0.5, 0.6) is 0 Å². The first-order valence-electron chi connectivity index (χ1n) is 32.7. The van der Waals surface area contributed by atoms with Gasteiger partial charge in [-0.3, -0.25) is 0 Å². The van der Waals surface area contributed by atoms with Gasteiger partial charge in [0.05, 0.1) is 91.2 Å². The van der Waals surface area contributed by atoms with Gasteiger partial charge in [-0.05, 0) is 231 Å². The minimum absolute atomic E-state index is 0.106. The Hall–Kier alpha value is -12.3. The van der Waals surface area contributed by atoms with Crippen molar-refractivity contribution in [2.45, 2.75) is 73.9 Å².